The number of rotatable bonds is 5. The van der Waals surface area contributed by atoms with Gasteiger partial charge in [-0.25, -0.2) is 4.98 Å². The van der Waals surface area contributed by atoms with Gasteiger partial charge in [0.05, 0.1) is 6.33 Å². The molecule has 15 heavy (non-hydrogen) atoms. The van der Waals surface area contributed by atoms with Crippen LogP contribution in [0.4, 0.5) is 0 Å². The first-order chi connectivity index (χ1) is 7.36. The second-order valence-corrected chi connectivity index (χ2v) is 3.61. The number of H-pyrrole nitrogens is 1. The Bertz CT molecular complexity index is 388. The van der Waals surface area contributed by atoms with E-state index in [1.807, 2.05) is 6.20 Å². The SMILES string of the molecule is Cn1cccc1CNCCc1cnc[nH]1. The predicted octanol–water partition coefficient (Wildman–Crippen LogP) is 1.08. The Hall–Kier alpha value is -1.55. The van der Waals surface area contributed by atoms with Crippen molar-refractivity contribution in [2.75, 3.05) is 6.54 Å². The third-order valence-electron chi connectivity index (χ3n) is 2.48. The Kier molecular flexibility index (Phi) is 3.19. The molecule has 0 spiro atoms. The molecule has 0 aromatic carbocycles. The molecule has 2 rings (SSSR count). The van der Waals surface area contributed by atoms with Gasteiger partial charge in [0.2, 0.25) is 0 Å². The molecule has 0 atom stereocenters. The quantitative estimate of drug-likeness (QED) is 0.716. The topological polar surface area (TPSA) is 45.6 Å². The molecule has 0 amide bonds. The van der Waals surface area contributed by atoms with Gasteiger partial charge in [0.15, 0.2) is 0 Å². The van der Waals surface area contributed by atoms with Crippen molar-refractivity contribution in [2.45, 2.75) is 13.0 Å². The minimum absolute atomic E-state index is 0.914. The fourth-order valence-corrected chi connectivity index (χ4v) is 1.54. The van der Waals surface area contributed by atoms with Crippen LogP contribution in [0.25, 0.3) is 0 Å². The molecule has 0 aliphatic carbocycles. The number of hydrogen-bond donors (Lipinski definition) is 2. The molecule has 4 heteroatoms. The lowest BCUT2D eigenvalue weighted by Crippen LogP contribution is -2.18. The van der Waals surface area contributed by atoms with Crippen molar-refractivity contribution < 1.29 is 0 Å². The minimum Gasteiger partial charge on any atom is -0.353 e. The van der Waals surface area contributed by atoms with Gasteiger partial charge in [0.1, 0.15) is 0 Å². The highest BCUT2D eigenvalue weighted by Crippen LogP contribution is 1.98. The molecule has 2 aromatic rings. The Morgan fingerprint density at radius 1 is 1.53 bits per heavy atom. The van der Waals surface area contributed by atoms with Crippen LogP contribution in [0, 0.1) is 0 Å². The van der Waals surface area contributed by atoms with Gasteiger partial charge >= 0.3 is 0 Å². The molecule has 0 saturated heterocycles. The van der Waals surface area contributed by atoms with E-state index < -0.39 is 0 Å². The Morgan fingerprint density at radius 2 is 2.47 bits per heavy atom. The zero-order valence-electron chi connectivity index (χ0n) is 8.90. The molecule has 0 fully saturated rings. The number of hydrogen-bond acceptors (Lipinski definition) is 2. The molecular weight excluding hydrogens is 188 g/mol. The van der Waals surface area contributed by atoms with Crippen LogP contribution >= 0.6 is 0 Å². The lowest BCUT2D eigenvalue weighted by molar-refractivity contribution is 0.649. The van der Waals surface area contributed by atoms with Gasteiger partial charge < -0.3 is 14.9 Å². The Morgan fingerprint density at radius 3 is 3.13 bits per heavy atom. The van der Waals surface area contributed by atoms with E-state index in [0.29, 0.717) is 0 Å². The first-order valence-electron chi connectivity index (χ1n) is 5.14. The number of aryl methyl sites for hydroxylation is 1. The first-order valence-corrected chi connectivity index (χ1v) is 5.14. The smallest absolute Gasteiger partial charge is 0.0921 e. The standard InChI is InChI=1S/C11H16N4/c1-15-6-2-3-11(15)8-12-5-4-10-7-13-9-14-10/h2-3,6-7,9,12H,4-5,8H2,1H3,(H,13,14). The summed E-state index contributed by atoms with van der Waals surface area (Å²) in [5.41, 5.74) is 2.48. The lowest BCUT2D eigenvalue weighted by atomic mass is 10.3. The van der Waals surface area contributed by atoms with E-state index in [-0.39, 0.29) is 0 Å². The maximum Gasteiger partial charge on any atom is 0.0921 e. The van der Waals surface area contributed by atoms with Gasteiger partial charge in [-0.3, -0.25) is 0 Å². The molecule has 2 heterocycles. The molecule has 2 N–H and O–H groups in total. The van der Waals surface area contributed by atoms with Crippen molar-refractivity contribution in [3.05, 3.63) is 42.2 Å². The summed E-state index contributed by atoms with van der Waals surface area (Å²) in [4.78, 5) is 7.06. The molecule has 0 unspecified atom stereocenters. The van der Waals surface area contributed by atoms with Crippen LogP contribution in [0.3, 0.4) is 0 Å². The zero-order valence-corrected chi connectivity index (χ0v) is 8.90. The summed E-state index contributed by atoms with van der Waals surface area (Å²) < 4.78 is 2.13. The van der Waals surface area contributed by atoms with Crippen molar-refractivity contribution in [3.8, 4) is 0 Å². The van der Waals surface area contributed by atoms with Crippen molar-refractivity contribution in [2.24, 2.45) is 7.05 Å². The highest BCUT2D eigenvalue weighted by atomic mass is 15.0. The lowest BCUT2D eigenvalue weighted by Gasteiger charge is -2.04. The first kappa shape index (κ1) is 9.98. The molecule has 0 radical (unpaired) electrons. The molecule has 0 aliphatic heterocycles. The van der Waals surface area contributed by atoms with Crippen molar-refractivity contribution >= 4 is 0 Å². The third-order valence-corrected chi connectivity index (χ3v) is 2.48. The largest absolute Gasteiger partial charge is 0.353 e. The summed E-state index contributed by atoms with van der Waals surface area (Å²) in [6.45, 7) is 1.88. The molecular formula is C11H16N4. The summed E-state index contributed by atoms with van der Waals surface area (Å²) in [6, 6.07) is 4.19. The zero-order chi connectivity index (χ0) is 10.5. The van der Waals surface area contributed by atoms with Gasteiger partial charge in [0, 0.05) is 50.3 Å². The monoisotopic (exact) mass is 204 g/mol. The number of nitrogens with one attached hydrogen (secondary N) is 2. The molecule has 0 saturated carbocycles. The van der Waals surface area contributed by atoms with Gasteiger partial charge in [-0.1, -0.05) is 0 Å². The maximum absolute atomic E-state index is 3.98. The number of aromatic nitrogens is 3. The highest BCUT2D eigenvalue weighted by Gasteiger charge is 1.97. The molecule has 80 valence electrons. The van der Waals surface area contributed by atoms with Gasteiger partial charge in [-0.05, 0) is 12.1 Å². The van der Waals surface area contributed by atoms with E-state index in [9.17, 15) is 0 Å². The number of nitrogens with zero attached hydrogens (tertiary/aromatic N) is 2. The second kappa shape index (κ2) is 4.79. The minimum atomic E-state index is 0.914. The molecule has 0 aliphatic rings. The van der Waals surface area contributed by atoms with Crippen LogP contribution in [0.15, 0.2) is 30.9 Å². The second-order valence-electron chi connectivity index (χ2n) is 3.61. The summed E-state index contributed by atoms with van der Waals surface area (Å²) in [5.74, 6) is 0. The Balaban J connectivity index is 1.70. The van der Waals surface area contributed by atoms with Crippen LogP contribution in [-0.4, -0.2) is 21.1 Å². The fraction of sp³-hybridized carbons (Fsp3) is 0.364. The number of aromatic amines is 1. The predicted molar refractivity (Wildman–Crippen MR) is 59.4 cm³/mol. The molecule has 2 aromatic heterocycles. The van der Waals surface area contributed by atoms with E-state index in [0.717, 1.165) is 19.5 Å². The fourth-order valence-electron chi connectivity index (χ4n) is 1.54. The summed E-state index contributed by atoms with van der Waals surface area (Å²) >= 11 is 0. The van der Waals surface area contributed by atoms with E-state index in [4.69, 9.17) is 0 Å². The van der Waals surface area contributed by atoms with Gasteiger partial charge in [0.25, 0.3) is 0 Å². The molecule has 4 nitrogen and oxygen atoms in total. The van der Waals surface area contributed by atoms with Gasteiger partial charge in [-0.2, -0.15) is 0 Å². The third kappa shape index (κ3) is 2.70. The summed E-state index contributed by atoms with van der Waals surface area (Å²) in [5, 5.41) is 3.40. The van der Waals surface area contributed by atoms with E-state index >= 15 is 0 Å². The van der Waals surface area contributed by atoms with Crippen molar-refractivity contribution in [1.29, 1.82) is 0 Å². The highest BCUT2D eigenvalue weighted by molar-refractivity contribution is 5.06. The van der Waals surface area contributed by atoms with Crippen LogP contribution in [-0.2, 0) is 20.0 Å². The van der Waals surface area contributed by atoms with Crippen molar-refractivity contribution in [1.82, 2.24) is 19.9 Å². The number of imidazole rings is 1. The van der Waals surface area contributed by atoms with Gasteiger partial charge in [-0.15, -0.1) is 0 Å². The van der Waals surface area contributed by atoms with Crippen LogP contribution in [0.2, 0.25) is 0 Å². The van der Waals surface area contributed by atoms with Crippen LogP contribution < -0.4 is 5.32 Å². The summed E-state index contributed by atoms with van der Waals surface area (Å²) in [6.07, 6.45) is 6.63. The van der Waals surface area contributed by atoms with E-state index in [1.165, 1.54) is 11.4 Å². The van der Waals surface area contributed by atoms with Crippen LogP contribution in [0.1, 0.15) is 11.4 Å². The average Bonchev–Trinajstić information content (AvgIpc) is 2.85. The summed E-state index contributed by atoms with van der Waals surface area (Å²) in [7, 11) is 2.06. The maximum atomic E-state index is 3.98. The van der Waals surface area contributed by atoms with E-state index in [1.54, 1.807) is 6.33 Å². The van der Waals surface area contributed by atoms with E-state index in [2.05, 4.69) is 45.2 Å². The molecule has 0 bridgehead atoms. The normalized spacial score (nSPS) is 10.7. The van der Waals surface area contributed by atoms with Crippen molar-refractivity contribution in [3.63, 3.8) is 0 Å². The van der Waals surface area contributed by atoms with Crippen LogP contribution in [0.5, 0.6) is 0 Å². The average molecular weight is 204 g/mol. The Labute approximate surface area is 89.3 Å².